The number of nitrogens with zero attached hydrogens (tertiary/aromatic N) is 1. The zero-order valence-corrected chi connectivity index (χ0v) is 10.4. The molecular weight excluding hydrogens is 254 g/mol. The minimum atomic E-state index is -0.748. The third-order valence-electron chi connectivity index (χ3n) is 2.26. The van der Waals surface area contributed by atoms with E-state index in [0.717, 1.165) is 11.3 Å². The third kappa shape index (κ3) is 2.66. The van der Waals surface area contributed by atoms with E-state index < -0.39 is 11.0 Å². The maximum absolute atomic E-state index is 10.9. The van der Waals surface area contributed by atoms with E-state index in [1.807, 2.05) is 6.07 Å². The highest BCUT2D eigenvalue weighted by Gasteiger charge is 2.22. The molecule has 1 N–H and O–H groups in total. The van der Waals surface area contributed by atoms with E-state index in [-0.39, 0.29) is 10.8 Å². The molecule has 1 atom stereocenters. The monoisotopic (exact) mass is 265 g/mol. The van der Waals surface area contributed by atoms with Crippen LogP contribution in [0.3, 0.4) is 0 Å². The topological polar surface area (TPSA) is 72.6 Å². The number of aliphatic hydroxyl groups is 1. The second-order valence-electron chi connectivity index (χ2n) is 3.67. The van der Waals surface area contributed by atoms with E-state index in [1.54, 1.807) is 31.2 Å². The number of para-hydroxylation sites is 1. The first-order valence-electron chi connectivity index (χ1n) is 5.27. The molecule has 0 aliphatic heterocycles. The van der Waals surface area contributed by atoms with Crippen molar-refractivity contribution in [1.29, 1.82) is 0 Å². The zero-order chi connectivity index (χ0) is 13.1. The van der Waals surface area contributed by atoms with Gasteiger partial charge in [-0.2, -0.15) is 0 Å². The summed E-state index contributed by atoms with van der Waals surface area (Å²) in [7, 11) is 0. The number of aliphatic hydroxyl groups excluding tert-OH is 1. The predicted molar refractivity (Wildman–Crippen MR) is 68.1 cm³/mol. The second kappa shape index (κ2) is 5.16. The Bertz CT molecular complexity index is 550. The average Bonchev–Trinajstić information content (AvgIpc) is 2.74. The van der Waals surface area contributed by atoms with Crippen molar-refractivity contribution in [3.63, 3.8) is 0 Å². The first-order valence-corrected chi connectivity index (χ1v) is 6.08. The zero-order valence-electron chi connectivity index (χ0n) is 9.57. The van der Waals surface area contributed by atoms with Gasteiger partial charge in [-0.05, 0) is 19.1 Å². The highest BCUT2D eigenvalue weighted by atomic mass is 32.1. The van der Waals surface area contributed by atoms with E-state index >= 15 is 0 Å². The summed E-state index contributed by atoms with van der Waals surface area (Å²) in [6.45, 7) is 1.56. The molecule has 0 radical (unpaired) electrons. The van der Waals surface area contributed by atoms with Crippen LogP contribution in [-0.2, 0) is 0 Å². The molecule has 0 amide bonds. The fourth-order valence-corrected chi connectivity index (χ4v) is 2.32. The summed E-state index contributed by atoms with van der Waals surface area (Å²) in [5, 5.41) is 20.5. The summed E-state index contributed by atoms with van der Waals surface area (Å²) in [4.78, 5) is 10.9. The molecular formula is C12H11NO4S. The molecule has 1 aromatic carbocycles. The smallest absolute Gasteiger partial charge is 0.323 e. The van der Waals surface area contributed by atoms with Gasteiger partial charge in [0.2, 0.25) is 0 Å². The van der Waals surface area contributed by atoms with Gasteiger partial charge in [0, 0.05) is 10.9 Å². The molecule has 1 heterocycles. The van der Waals surface area contributed by atoms with Gasteiger partial charge >= 0.3 is 5.69 Å². The first kappa shape index (κ1) is 12.5. The van der Waals surface area contributed by atoms with Gasteiger partial charge in [0.05, 0.1) is 11.0 Å². The number of thiophene rings is 1. The SMILES string of the molecule is C[C@H](O)c1cc([N+](=O)[O-])c(Oc2ccccc2)s1. The van der Waals surface area contributed by atoms with E-state index in [2.05, 4.69) is 0 Å². The van der Waals surface area contributed by atoms with Crippen LogP contribution < -0.4 is 4.74 Å². The summed E-state index contributed by atoms with van der Waals surface area (Å²) in [5.74, 6) is 0.527. The van der Waals surface area contributed by atoms with Gasteiger partial charge < -0.3 is 9.84 Å². The normalized spacial score (nSPS) is 12.1. The number of hydrogen-bond donors (Lipinski definition) is 1. The summed E-state index contributed by atoms with van der Waals surface area (Å²) >= 11 is 1.08. The van der Waals surface area contributed by atoms with Gasteiger partial charge in [0.25, 0.3) is 5.06 Å². The lowest BCUT2D eigenvalue weighted by Gasteiger charge is -2.01. The second-order valence-corrected chi connectivity index (χ2v) is 4.72. The molecule has 0 aliphatic carbocycles. The largest absolute Gasteiger partial charge is 0.440 e. The summed E-state index contributed by atoms with van der Waals surface area (Å²) in [6.07, 6.45) is -0.748. The van der Waals surface area contributed by atoms with Gasteiger partial charge in [0.1, 0.15) is 5.75 Å². The lowest BCUT2D eigenvalue weighted by molar-refractivity contribution is -0.385. The van der Waals surface area contributed by atoms with Crippen molar-refractivity contribution < 1.29 is 14.8 Å². The van der Waals surface area contributed by atoms with Crippen LogP contribution in [0.4, 0.5) is 5.69 Å². The summed E-state index contributed by atoms with van der Waals surface area (Å²) in [5.41, 5.74) is -0.125. The molecule has 0 saturated heterocycles. The fraction of sp³-hybridized carbons (Fsp3) is 0.167. The molecule has 18 heavy (non-hydrogen) atoms. The number of nitro groups is 1. The molecule has 2 rings (SSSR count). The summed E-state index contributed by atoms with van der Waals surface area (Å²) in [6, 6.07) is 10.2. The maximum Gasteiger partial charge on any atom is 0.323 e. The van der Waals surface area contributed by atoms with Gasteiger partial charge in [0.15, 0.2) is 0 Å². The average molecular weight is 265 g/mol. The lowest BCUT2D eigenvalue weighted by Crippen LogP contribution is -1.89. The fourth-order valence-electron chi connectivity index (χ4n) is 1.38. The molecule has 0 bridgehead atoms. The molecule has 6 heteroatoms. The number of hydrogen-bond acceptors (Lipinski definition) is 5. The Hall–Kier alpha value is -1.92. The van der Waals surface area contributed by atoms with Crippen molar-refractivity contribution >= 4 is 17.0 Å². The molecule has 0 unspecified atom stereocenters. The van der Waals surface area contributed by atoms with E-state index in [9.17, 15) is 15.2 Å². The van der Waals surface area contributed by atoms with Crippen LogP contribution >= 0.6 is 11.3 Å². The molecule has 5 nitrogen and oxygen atoms in total. The van der Waals surface area contributed by atoms with Crippen LogP contribution in [0.5, 0.6) is 10.8 Å². The van der Waals surface area contributed by atoms with E-state index in [1.165, 1.54) is 6.07 Å². The Morgan fingerprint density at radius 1 is 1.39 bits per heavy atom. The Labute approximate surface area is 107 Å². The Balaban J connectivity index is 2.34. The molecule has 0 spiro atoms. The molecule has 0 aliphatic rings. The highest BCUT2D eigenvalue weighted by Crippen LogP contribution is 2.41. The number of ether oxygens (including phenoxy) is 1. The standard InChI is InChI=1S/C12H11NO4S/c1-8(14)11-7-10(13(15)16)12(18-11)17-9-5-3-2-4-6-9/h2-8,14H,1H3/t8-/m0/s1. The number of rotatable bonds is 4. The van der Waals surface area contributed by atoms with Gasteiger partial charge in [-0.3, -0.25) is 10.1 Å². The predicted octanol–water partition coefficient (Wildman–Crippen LogP) is 3.50. The Kier molecular flexibility index (Phi) is 3.59. The molecule has 94 valence electrons. The molecule has 0 fully saturated rings. The van der Waals surface area contributed by atoms with Crippen molar-refractivity contribution in [2.75, 3.05) is 0 Å². The highest BCUT2D eigenvalue weighted by molar-refractivity contribution is 7.14. The molecule has 1 aromatic heterocycles. The molecule has 0 saturated carbocycles. The van der Waals surface area contributed by atoms with Crippen LogP contribution in [0.15, 0.2) is 36.4 Å². The van der Waals surface area contributed by atoms with Crippen LogP contribution in [0.2, 0.25) is 0 Å². The van der Waals surface area contributed by atoms with Crippen LogP contribution in [0.1, 0.15) is 17.9 Å². The first-order chi connectivity index (χ1) is 8.58. The van der Waals surface area contributed by atoms with Crippen molar-refractivity contribution in [2.45, 2.75) is 13.0 Å². The third-order valence-corrected chi connectivity index (χ3v) is 3.43. The minimum absolute atomic E-state index is 0.125. The van der Waals surface area contributed by atoms with E-state index in [0.29, 0.717) is 10.6 Å². The van der Waals surface area contributed by atoms with Crippen LogP contribution in [-0.4, -0.2) is 10.0 Å². The van der Waals surface area contributed by atoms with Crippen LogP contribution in [0, 0.1) is 10.1 Å². The van der Waals surface area contributed by atoms with Crippen molar-refractivity contribution in [2.24, 2.45) is 0 Å². The van der Waals surface area contributed by atoms with Gasteiger partial charge in [-0.1, -0.05) is 29.5 Å². The number of benzene rings is 1. The molecule has 2 aromatic rings. The van der Waals surface area contributed by atoms with E-state index in [4.69, 9.17) is 4.74 Å². The minimum Gasteiger partial charge on any atom is -0.440 e. The summed E-state index contributed by atoms with van der Waals surface area (Å²) < 4.78 is 5.47. The van der Waals surface area contributed by atoms with Gasteiger partial charge in [-0.25, -0.2) is 0 Å². The van der Waals surface area contributed by atoms with Crippen molar-refractivity contribution in [3.05, 3.63) is 51.4 Å². The van der Waals surface area contributed by atoms with Gasteiger partial charge in [-0.15, -0.1) is 0 Å². The van der Waals surface area contributed by atoms with Crippen LogP contribution in [0.25, 0.3) is 0 Å². The quantitative estimate of drug-likeness (QED) is 0.678. The lowest BCUT2D eigenvalue weighted by atomic mass is 10.3. The van der Waals surface area contributed by atoms with Crippen molar-refractivity contribution in [3.8, 4) is 10.8 Å². The Morgan fingerprint density at radius 3 is 2.61 bits per heavy atom. The maximum atomic E-state index is 10.9. The van der Waals surface area contributed by atoms with Crippen molar-refractivity contribution in [1.82, 2.24) is 0 Å². The Morgan fingerprint density at radius 2 is 2.06 bits per heavy atom.